The van der Waals surface area contributed by atoms with Crippen molar-refractivity contribution in [2.75, 3.05) is 24.3 Å². The highest BCUT2D eigenvalue weighted by atomic mass is 19.4. The molecule has 0 bridgehead atoms. The molecule has 3 aromatic rings. The Balaban J connectivity index is 1.96. The molecule has 0 radical (unpaired) electrons. The summed E-state index contributed by atoms with van der Waals surface area (Å²) >= 11 is 0. The van der Waals surface area contributed by atoms with E-state index < -0.39 is 17.6 Å². The highest BCUT2D eigenvalue weighted by Crippen LogP contribution is 2.35. The Morgan fingerprint density at radius 1 is 1.04 bits per heavy atom. The van der Waals surface area contributed by atoms with Gasteiger partial charge in [-0.3, -0.25) is 4.79 Å². The van der Waals surface area contributed by atoms with Crippen LogP contribution in [0.2, 0.25) is 0 Å². The fourth-order valence-corrected chi connectivity index (χ4v) is 2.58. The maximum absolute atomic E-state index is 13.0. The molecule has 0 aliphatic heterocycles. The molecule has 1 amide bonds. The van der Waals surface area contributed by atoms with E-state index in [1.54, 1.807) is 43.3 Å². The summed E-state index contributed by atoms with van der Waals surface area (Å²) in [6, 6.07) is 13.8. The number of nitrogens with zero attached hydrogens (tertiary/aromatic N) is 2. The first kappa shape index (κ1) is 17.7. The van der Waals surface area contributed by atoms with Crippen LogP contribution in [0.15, 0.2) is 54.6 Å². The molecule has 2 aromatic carbocycles. The zero-order chi connectivity index (χ0) is 18.9. The molecular weight excluding hydrogens is 343 g/mol. The number of hydrogen-bond donors (Lipinski definition) is 1. The molecule has 26 heavy (non-hydrogen) atoms. The number of carbonyl (C=O) groups is 1. The molecule has 0 aliphatic rings. The molecule has 7 heteroatoms. The molecule has 1 aromatic heterocycles. The molecule has 1 N–H and O–H groups in total. The minimum absolute atomic E-state index is 0.0739. The number of aromatic nitrogens is 1. The lowest BCUT2D eigenvalue weighted by Gasteiger charge is -2.19. The molecule has 0 atom stereocenters. The van der Waals surface area contributed by atoms with Crippen LogP contribution in [0, 0.1) is 0 Å². The van der Waals surface area contributed by atoms with E-state index in [1.807, 2.05) is 12.1 Å². The van der Waals surface area contributed by atoms with Gasteiger partial charge < -0.3 is 10.2 Å². The normalized spacial score (nSPS) is 11.4. The van der Waals surface area contributed by atoms with Crippen molar-refractivity contribution in [3.05, 3.63) is 65.9 Å². The van der Waals surface area contributed by atoms with Crippen molar-refractivity contribution in [1.82, 2.24) is 4.98 Å². The van der Waals surface area contributed by atoms with Crippen LogP contribution >= 0.6 is 0 Å². The standard InChI is InChI=1S/C19H16F3N3O/c1-25(2)17-10-8-13(19(20,21)22)11-16(17)24-18(26)15-9-7-12-5-3-4-6-14(12)23-15/h3-11H,1-2H3,(H,24,26). The Bertz CT molecular complexity index is 968. The van der Waals surface area contributed by atoms with Gasteiger partial charge in [-0.2, -0.15) is 13.2 Å². The Kier molecular flexibility index (Phi) is 4.54. The summed E-state index contributed by atoms with van der Waals surface area (Å²) in [7, 11) is 3.37. The van der Waals surface area contributed by atoms with Crippen molar-refractivity contribution in [2.45, 2.75) is 6.18 Å². The Morgan fingerprint density at radius 2 is 1.77 bits per heavy atom. The number of anilines is 2. The minimum Gasteiger partial charge on any atom is -0.376 e. The molecule has 3 rings (SSSR count). The molecule has 4 nitrogen and oxygen atoms in total. The third-order valence-corrected chi connectivity index (χ3v) is 3.88. The molecule has 0 unspecified atom stereocenters. The smallest absolute Gasteiger partial charge is 0.376 e. The highest BCUT2D eigenvalue weighted by molar-refractivity contribution is 6.05. The first-order valence-corrected chi connectivity index (χ1v) is 7.81. The summed E-state index contributed by atoms with van der Waals surface area (Å²) in [6.07, 6.45) is -4.49. The van der Waals surface area contributed by atoms with Crippen molar-refractivity contribution in [2.24, 2.45) is 0 Å². The van der Waals surface area contributed by atoms with Crippen molar-refractivity contribution >= 4 is 28.2 Å². The number of hydrogen-bond acceptors (Lipinski definition) is 3. The molecular formula is C19H16F3N3O. The van der Waals surface area contributed by atoms with Crippen LogP contribution in [0.4, 0.5) is 24.5 Å². The van der Waals surface area contributed by atoms with Crippen LogP contribution in [0.25, 0.3) is 10.9 Å². The van der Waals surface area contributed by atoms with Crippen LogP contribution in [0.1, 0.15) is 16.1 Å². The van der Waals surface area contributed by atoms with E-state index in [2.05, 4.69) is 10.3 Å². The highest BCUT2D eigenvalue weighted by Gasteiger charge is 2.31. The number of fused-ring (bicyclic) bond motifs is 1. The van der Waals surface area contributed by atoms with E-state index in [4.69, 9.17) is 0 Å². The lowest BCUT2D eigenvalue weighted by Crippen LogP contribution is -2.18. The quantitative estimate of drug-likeness (QED) is 0.745. The van der Waals surface area contributed by atoms with Gasteiger partial charge >= 0.3 is 6.18 Å². The lowest BCUT2D eigenvalue weighted by atomic mass is 10.1. The van der Waals surface area contributed by atoms with Crippen molar-refractivity contribution in [3.8, 4) is 0 Å². The fraction of sp³-hybridized carbons (Fsp3) is 0.158. The van der Waals surface area contributed by atoms with E-state index in [9.17, 15) is 18.0 Å². The average molecular weight is 359 g/mol. The summed E-state index contributed by atoms with van der Waals surface area (Å²) in [5.41, 5.74) is 0.477. The topological polar surface area (TPSA) is 45.2 Å². The molecule has 0 aliphatic carbocycles. The molecule has 0 fully saturated rings. The van der Waals surface area contributed by atoms with Gasteiger partial charge in [0.15, 0.2) is 0 Å². The second-order valence-corrected chi connectivity index (χ2v) is 5.97. The van der Waals surface area contributed by atoms with Crippen LogP contribution in [0.3, 0.4) is 0 Å². The first-order chi connectivity index (χ1) is 12.3. The second kappa shape index (κ2) is 6.67. The summed E-state index contributed by atoms with van der Waals surface area (Å²) in [5.74, 6) is -0.571. The number of amides is 1. The zero-order valence-corrected chi connectivity index (χ0v) is 14.1. The van der Waals surface area contributed by atoms with Gasteiger partial charge in [0, 0.05) is 19.5 Å². The fourth-order valence-electron chi connectivity index (χ4n) is 2.58. The van der Waals surface area contributed by atoms with E-state index >= 15 is 0 Å². The van der Waals surface area contributed by atoms with Gasteiger partial charge in [-0.1, -0.05) is 24.3 Å². The first-order valence-electron chi connectivity index (χ1n) is 7.81. The molecule has 0 spiro atoms. The molecule has 0 saturated carbocycles. The molecule has 134 valence electrons. The second-order valence-electron chi connectivity index (χ2n) is 5.97. The van der Waals surface area contributed by atoms with Gasteiger partial charge in [0.2, 0.25) is 0 Å². The Labute approximate surface area is 148 Å². The van der Waals surface area contributed by atoms with Crippen LogP contribution in [-0.2, 0) is 6.18 Å². The number of benzene rings is 2. The summed E-state index contributed by atoms with van der Waals surface area (Å²) in [6.45, 7) is 0. The predicted octanol–water partition coefficient (Wildman–Crippen LogP) is 4.57. The van der Waals surface area contributed by atoms with Gasteiger partial charge in [-0.15, -0.1) is 0 Å². The molecule has 0 saturated heterocycles. The summed E-state index contributed by atoms with van der Waals surface area (Å²) in [4.78, 5) is 18.4. The average Bonchev–Trinajstić information content (AvgIpc) is 2.60. The third-order valence-electron chi connectivity index (χ3n) is 3.88. The Hall–Kier alpha value is -3.09. The van der Waals surface area contributed by atoms with Crippen molar-refractivity contribution in [1.29, 1.82) is 0 Å². The van der Waals surface area contributed by atoms with Gasteiger partial charge in [0.05, 0.1) is 22.5 Å². The summed E-state index contributed by atoms with van der Waals surface area (Å²) in [5, 5.41) is 3.41. The predicted molar refractivity (Wildman–Crippen MR) is 95.5 cm³/mol. The van der Waals surface area contributed by atoms with Crippen LogP contribution in [-0.4, -0.2) is 25.0 Å². The van der Waals surface area contributed by atoms with Crippen LogP contribution in [0.5, 0.6) is 0 Å². The zero-order valence-electron chi connectivity index (χ0n) is 14.1. The summed E-state index contributed by atoms with van der Waals surface area (Å²) < 4.78 is 39.0. The monoisotopic (exact) mass is 359 g/mol. The van der Waals surface area contributed by atoms with E-state index in [0.29, 0.717) is 11.2 Å². The lowest BCUT2D eigenvalue weighted by molar-refractivity contribution is -0.137. The SMILES string of the molecule is CN(C)c1ccc(C(F)(F)F)cc1NC(=O)c1ccc2ccccc2n1. The largest absolute Gasteiger partial charge is 0.416 e. The minimum atomic E-state index is -4.49. The van der Waals surface area contributed by atoms with E-state index in [-0.39, 0.29) is 11.4 Å². The number of pyridine rings is 1. The van der Waals surface area contributed by atoms with Crippen molar-refractivity contribution in [3.63, 3.8) is 0 Å². The van der Waals surface area contributed by atoms with E-state index in [0.717, 1.165) is 17.5 Å². The number of halogens is 3. The van der Waals surface area contributed by atoms with Crippen LogP contribution < -0.4 is 10.2 Å². The van der Waals surface area contributed by atoms with E-state index in [1.165, 1.54) is 6.07 Å². The van der Waals surface area contributed by atoms with Crippen molar-refractivity contribution < 1.29 is 18.0 Å². The number of alkyl halides is 3. The Morgan fingerprint density at radius 3 is 2.46 bits per heavy atom. The van der Waals surface area contributed by atoms with Gasteiger partial charge in [-0.25, -0.2) is 4.98 Å². The number of carbonyl (C=O) groups excluding carboxylic acids is 1. The van der Waals surface area contributed by atoms with Gasteiger partial charge in [-0.05, 0) is 30.3 Å². The number of rotatable bonds is 3. The maximum atomic E-state index is 13.0. The molecule has 1 heterocycles. The van der Waals surface area contributed by atoms with Gasteiger partial charge in [0.1, 0.15) is 5.69 Å². The third kappa shape index (κ3) is 3.61. The number of nitrogens with one attached hydrogen (secondary N) is 1. The van der Waals surface area contributed by atoms with Gasteiger partial charge in [0.25, 0.3) is 5.91 Å². The maximum Gasteiger partial charge on any atom is 0.416 e. The number of para-hydroxylation sites is 1.